The van der Waals surface area contributed by atoms with Crippen molar-refractivity contribution in [2.75, 3.05) is 13.1 Å². The van der Waals surface area contributed by atoms with Crippen LogP contribution in [-0.2, 0) is 10.0 Å². The summed E-state index contributed by atoms with van der Waals surface area (Å²) in [5, 5.41) is 19.7. The van der Waals surface area contributed by atoms with Gasteiger partial charge in [0.15, 0.2) is 5.65 Å². The molecule has 0 saturated carbocycles. The number of hydrogen-bond acceptors (Lipinski definition) is 8. The van der Waals surface area contributed by atoms with Gasteiger partial charge in [0.25, 0.3) is 5.69 Å². The number of nitrogens with zero attached hydrogens (tertiary/aromatic N) is 6. The first-order valence-corrected chi connectivity index (χ1v) is 10.3. The highest BCUT2D eigenvalue weighted by Gasteiger charge is 2.23. The van der Waals surface area contributed by atoms with Crippen LogP contribution in [0.2, 0.25) is 0 Å². The van der Waals surface area contributed by atoms with Gasteiger partial charge in [-0.15, -0.1) is 10.2 Å². The van der Waals surface area contributed by atoms with Gasteiger partial charge in [0, 0.05) is 25.4 Å². The fraction of sp³-hybridized carbons (Fsp3) is 0.267. The lowest BCUT2D eigenvalue weighted by molar-refractivity contribution is -0.385. The Kier molecular flexibility index (Phi) is 5.39. The molecule has 0 aliphatic rings. The molecule has 10 nitrogen and oxygen atoms in total. The first-order valence-electron chi connectivity index (χ1n) is 8.00. The number of sulfonamides is 1. The minimum Gasteiger partial charge on any atom is -0.276 e. The van der Waals surface area contributed by atoms with Crippen molar-refractivity contribution in [3.05, 3.63) is 46.8 Å². The summed E-state index contributed by atoms with van der Waals surface area (Å²) in [7, 11) is -3.62. The zero-order valence-corrected chi connectivity index (χ0v) is 16.1. The van der Waals surface area contributed by atoms with Crippen molar-refractivity contribution < 1.29 is 13.3 Å². The molecule has 0 aliphatic heterocycles. The maximum atomic E-state index is 12.7. The van der Waals surface area contributed by atoms with Gasteiger partial charge in [0.2, 0.25) is 15.2 Å². The molecule has 0 atom stereocenters. The summed E-state index contributed by atoms with van der Waals surface area (Å²) in [6.45, 7) is 4.29. The van der Waals surface area contributed by atoms with Crippen LogP contribution in [0, 0.1) is 10.1 Å². The number of hydrogen-bond donors (Lipinski definition) is 0. The topological polar surface area (TPSA) is 124 Å². The molecule has 3 aromatic heterocycles. The predicted molar refractivity (Wildman–Crippen MR) is 98.1 cm³/mol. The number of rotatable bonds is 7. The van der Waals surface area contributed by atoms with E-state index in [0.717, 1.165) is 18.0 Å². The van der Waals surface area contributed by atoms with Crippen LogP contribution in [0.4, 0.5) is 5.69 Å². The molecule has 0 saturated heterocycles. The molecule has 0 aromatic carbocycles. The smallest absolute Gasteiger partial charge is 0.276 e. The molecular formula is C15H16N6O4S2. The summed E-state index contributed by atoms with van der Waals surface area (Å²) in [6.07, 6.45) is 2.62. The highest BCUT2D eigenvalue weighted by atomic mass is 32.2. The fourth-order valence-electron chi connectivity index (χ4n) is 2.42. The highest BCUT2D eigenvalue weighted by Crippen LogP contribution is 2.27. The Morgan fingerprint density at radius 2 is 1.93 bits per heavy atom. The van der Waals surface area contributed by atoms with Crippen LogP contribution in [0.1, 0.15) is 13.8 Å². The van der Waals surface area contributed by atoms with Crippen LogP contribution in [0.25, 0.3) is 5.65 Å². The molecule has 0 fully saturated rings. The van der Waals surface area contributed by atoms with E-state index in [1.54, 1.807) is 24.3 Å². The number of fused-ring (bicyclic) bond motifs is 1. The second-order valence-corrected chi connectivity index (χ2v) is 8.30. The number of aromatic nitrogens is 4. The molecular weight excluding hydrogens is 392 g/mol. The molecule has 0 aliphatic carbocycles. The van der Waals surface area contributed by atoms with Crippen LogP contribution >= 0.6 is 11.8 Å². The van der Waals surface area contributed by atoms with Gasteiger partial charge < -0.3 is 0 Å². The monoisotopic (exact) mass is 408 g/mol. The minimum atomic E-state index is -3.62. The summed E-state index contributed by atoms with van der Waals surface area (Å²) < 4.78 is 28.4. The summed E-state index contributed by atoms with van der Waals surface area (Å²) in [5.41, 5.74) is 0.371. The van der Waals surface area contributed by atoms with Gasteiger partial charge in [0.05, 0.1) is 9.82 Å². The highest BCUT2D eigenvalue weighted by molar-refractivity contribution is 7.99. The molecule has 3 heterocycles. The van der Waals surface area contributed by atoms with Crippen LogP contribution < -0.4 is 0 Å². The minimum absolute atomic E-state index is 0.113. The lowest BCUT2D eigenvalue weighted by Gasteiger charge is -2.18. The van der Waals surface area contributed by atoms with Crippen molar-refractivity contribution in [1.82, 2.24) is 23.9 Å². The summed E-state index contributed by atoms with van der Waals surface area (Å²) in [5.74, 6) is 0. The Labute approximate surface area is 159 Å². The molecule has 0 spiro atoms. The molecule has 0 N–H and O–H groups in total. The molecule has 0 radical (unpaired) electrons. The Hall–Kier alpha value is -2.57. The molecule has 3 rings (SSSR count). The number of nitro groups is 1. The van der Waals surface area contributed by atoms with Gasteiger partial charge in [0.1, 0.15) is 11.2 Å². The fourth-order valence-corrected chi connectivity index (χ4v) is 4.63. The van der Waals surface area contributed by atoms with Crippen molar-refractivity contribution in [3.8, 4) is 0 Å². The van der Waals surface area contributed by atoms with Crippen molar-refractivity contribution in [3.63, 3.8) is 0 Å². The normalized spacial score (nSPS) is 12.0. The average Bonchev–Trinajstić information content (AvgIpc) is 3.05. The third-order valence-corrected chi connectivity index (χ3v) is 6.76. The average molecular weight is 408 g/mol. The largest absolute Gasteiger partial charge is 0.287 e. The van der Waals surface area contributed by atoms with Crippen molar-refractivity contribution in [1.29, 1.82) is 0 Å². The van der Waals surface area contributed by atoms with E-state index in [1.165, 1.54) is 28.7 Å². The van der Waals surface area contributed by atoms with Gasteiger partial charge in [-0.1, -0.05) is 13.8 Å². The summed E-state index contributed by atoms with van der Waals surface area (Å²) in [4.78, 5) is 14.3. The Balaban J connectivity index is 1.97. The SMILES string of the molecule is CCN(CC)S(=O)(=O)c1ccc2nnc(Sc3ccc([N+](=O)[O-])cn3)n2c1. The zero-order chi connectivity index (χ0) is 19.6. The van der Waals surface area contributed by atoms with Crippen LogP contribution in [0.15, 0.2) is 51.7 Å². The van der Waals surface area contributed by atoms with Crippen molar-refractivity contribution in [2.45, 2.75) is 28.9 Å². The van der Waals surface area contributed by atoms with E-state index < -0.39 is 14.9 Å². The van der Waals surface area contributed by atoms with Gasteiger partial charge >= 0.3 is 0 Å². The quantitative estimate of drug-likeness (QED) is 0.430. The molecule has 0 unspecified atom stereocenters. The standard InChI is InChI=1S/C15H16N6O4S2/c1-3-19(4-2)27(24,25)12-6-7-13-17-18-15(20(13)10-12)26-14-8-5-11(9-16-14)21(22)23/h5-10H,3-4H2,1-2H3. The predicted octanol–water partition coefficient (Wildman–Crippen LogP) is 2.21. The maximum Gasteiger partial charge on any atom is 0.287 e. The van der Waals surface area contributed by atoms with Gasteiger partial charge in [-0.2, -0.15) is 4.31 Å². The molecule has 27 heavy (non-hydrogen) atoms. The van der Waals surface area contributed by atoms with E-state index in [2.05, 4.69) is 15.2 Å². The third-order valence-electron chi connectivity index (χ3n) is 3.81. The van der Waals surface area contributed by atoms with Gasteiger partial charge in [-0.3, -0.25) is 14.5 Å². The molecule has 0 bridgehead atoms. The van der Waals surface area contributed by atoms with E-state index in [1.807, 2.05) is 0 Å². The molecule has 0 amide bonds. The van der Waals surface area contributed by atoms with Crippen LogP contribution in [0.5, 0.6) is 0 Å². The van der Waals surface area contributed by atoms with Crippen molar-refractivity contribution >= 4 is 33.1 Å². The van der Waals surface area contributed by atoms with E-state index >= 15 is 0 Å². The van der Waals surface area contributed by atoms with Gasteiger partial charge in [-0.05, 0) is 30.0 Å². The Bertz CT molecular complexity index is 1080. The molecule has 3 aromatic rings. The Morgan fingerprint density at radius 3 is 2.52 bits per heavy atom. The van der Waals surface area contributed by atoms with Crippen molar-refractivity contribution in [2.24, 2.45) is 0 Å². The van der Waals surface area contributed by atoms with Gasteiger partial charge in [-0.25, -0.2) is 13.4 Å². The lowest BCUT2D eigenvalue weighted by Crippen LogP contribution is -2.30. The summed E-state index contributed by atoms with van der Waals surface area (Å²) in [6, 6.07) is 5.92. The lowest BCUT2D eigenvalue weighted by atomic mass is 10.4. The zero-order valence-electron chi connectivity index (χ0n) is 14.5. The van der Waals surface area contributed by atoms with E-state index in [0.29, 0.717) is 28.9 Å². The summed E-state index contributed by atoms with van der Waals surface area (Å²) >= 11 is 1.13. The first-order chi connectivity index (χ1) is 12.9. The number of pyridine rings is 2. The van der Waals surface area contributed by atoms with E-state index in [9.17, 15) is 18.5 Å². The molecule has 142 valence electrons. The Morgan fingerprint density at radius 1 is 1.19 bits per heavy atom. The maximum absolute atomic E-state index is 12.7. The second-order valence-electron chi connectivity index (χ2n) is 5.38. The molecule has 12 heteroatoms. The van der Waals surface area contributed by atoms with E-state index in [-0.39, 0.29) is 10.6 Å². The third kappa shape index (κ3) is 3.77. The van der Waals surface area contributed by atoms with E-state index in [4.69, 9.17) is 0 Å². The first kappa shape index (κ1) is 19.2. The van der Waals surface area contributed by atoms with Crippen LogP contribution in [-0.4, -0.2) is 50.3 Å². The van der Waals surface area contributed by atoms with Crippen LogP contribution in [0.3, 0.4) is 0 Å². The second kappa shape index (κ2) is 7.58.